The van der Waals surface area contributed by atoms with E-state index in [4.69, 9.17) is 15.0 Å². The van der Waals surface area contributed by atoms with Crippen molar-refractivity contribution in [2.24, 2.45) is 5.73 Å². The van der Waals surface area contributed by atoms with E-state index < -0.39 is 0 Å². The minimum Gasteiger partial charge on any atom is -0.487 e. The predicted molar refractivity (Wildman–Crippen MR) is 74.1 cm³/mol. The van der Waals surface area contributed by atoms with E-state index in [2.05, 4.69) is 18.1 Å². The van der Waals surface area contributed by atoms with E-state index in [0.29, 0.717) is 6.61 Å². The second kappa shape index (κ2) is 5.89. The van der Waals surface area contributed by atoms with E-state index in [-0.39, 0.29) is 6.04 Å². The zero-order valence-corrected chi connectivity index (χ0v) is 11.6. The summed E-state index contributed by atoms with van der Waals surface area (Å²) >= 11 is 0. The quantitative estimate of drug-likeness (QED) is 0.898. The molecule has 0 saturated heterocycles. The first kappa shape index (κ1) is 13.6. The largest absolute Gasteiger partial charge is 0.487 e. The average Bonchev–Trinajstić information content (AvgIpc) is 2.73. The van der Waals surface area contributed by atoms with Gasteiger partial charge in [-0.3, -0.25) is 0 Å². The van der Waals surface area contributed by atoms with E-state index in [9.17, 15) is 0 Å². The third-order valence-electron chi connectivity index (χ3n) is 2.81. The van der Waals surface area contributed by atoms with Crippen molar-refractivity contribution in [1.82, 2.24) is 5.16 Å². The summed E-state index contributed by atoms with van der Waals surface area (Å²) in [4.78, 5) is 0. The Balaban J connectivity index is 2.10. The number of aryl methyl sites for hydroxylation is 2. The average molecular weight is 260 g/mol. The number of rotatable bonds is 5. The number of nitrogens with zero attached hydrogens (tertiary/aromatic N) is 1. The lowest BCUT2D eigenvalue weighted by molar-refractivity contribution is 0.284. The Kier molecular flexibility index (Phi) is 4.22. The van der Waals surface area contributed by atoms with Gasteiger partial charge in [-0.05, 0) is 38.8 Å². The van der Waals surface area contributed by atoms with Crippen molar-refractivity contribution < 1.29 is 9.26 Å². The van der Waals surface area contributed by atoms with Crippen LogP contribution in [0.5, 0.6) is 5.75 Å². The Hall–Kier alpha value is -1.81. The Morgan fingerprint density at radius 2 is 2.11 bits per heavy atom. The van der Waals surface area contributed by atoms with Crippen molar-refractivity contribution in [1.29, 1.82) is 0 Å². The molecule has 0 radical (unpaired) electrons. The number of hydrogen-bond donors (Lipinski definition) is 1. The second-order valence-electron chi connectivity index (χ2n) is 5.01. The number of aromatic nitrogens is 1. The van der Waals surface area contributed by atoms with Gasteiger partial charge < -0.3 is 15.0 Å². The number of ether oxygens (including phenoxy) is 1. The molecule has 1 aromatic carbocycles. The minimum atomic E-state index is 0.110. The SMILES string of the molecule is Cc1ccc(OCc2cc(C)on2)c(CC(C)N)c1. The molecule has 2 N–H and O–H groups in total. The van der Waals surface area contributed by atoms with Crippen LogP contribution in [-0.2, 0) is 13.0 Å². The smallest absolute Gasteiger partial charge is 0.134 e. The molecule has 0 aliphatic carbocycles. The highest BCUT2D eigenvalue weighted by Gasteiger charge is 2.08. The van der Waals surface area contributed by atoms with E-state index in [1.807, 2.05) is 32.0 Å². The lowest BCUT2D eigenvalue weighted by Crippen LogP contribution is -2.18. The van der Waals surface area contributed by atoms with Crippen LogP contribution in [0.25, 0.3) is 0 Å². The van der Waals surface area contributed by atoms with Gasteiger partial charge in [-0.2, -0.15) is 0 Å². The summed E-state index contributed by atoms with van der Waals surface area (Å²) in [6, 6.07) is 8.12. The molecule has 0 spiro atoms. The van der Waals surface area contributed by atoms with Gasteiger partial charge in [0.1, 0.15) is 23.8 Å². The van der Waals surface area contributed by atoms with Gasteiger partial charge in [0.2, 0.25) is 0 Å². The predicted octanol–water partition coefficient (Wildman–Crippen LogP) is 2.76. The molecule has 1 heterocycles. The minimum absolute atomic E-state index is 0.110. The van der Waals surface area contributed by atoms with Gasteiger partial charge in [-0.15, -0.1) is 0 Å². The fraction of sp³-hybridized carbons (Fsp3) is 0.400. The Labute approximate surface area is 113 Å². The third-order valence-corrected chi connectivity index (χ3v) is 2.81. The standard InChI is InChI=1S/C15H20N2O2/c1-10-4-5-15(13(6-10)7-11(2)16)18-9-14-8-12(3)19-17-14/h4-6,8,11H,7,9,16H2,1-3H3. The molecule has 1 aromatic heterocycles. The van der Waals surface area contributed by atoms with Crippen molar-refractivity contribution in [2.45, 2.75) is 39.8 Å². The van der Waals surface area contributed by atoms with E-state index >= 15 is 0 Å². The monoisotopic (exact) mass is 260 g/mol. The summed E-state index contributed by atoms with van der Waals surface area (Å²) in [7, 11) is 0. The topological polar surface area (TPSA) is 61.3 Å². The van der Waals surface area contributed by atoms with E-state index in [0.717, 1.165) is 29.2 Å². The highest BCUT2D eigenvalue weighted by Crippen LogP contribution is 2.22. The number of hydrogen-bond acceptors (Lipinski definition) is 4. The van der Waals surface area contributed by atoms with Crippen LogP contribution in [0.1, 0.15) is 29.5 Å². The maximum absolute atomic E-state index is 5.87. The zero-order valence-electron chi connectivity index (χ0n) is 11.6. The van der Waals surface area contributed by atoms with Crippen LogP contribution in [0.2, 0.25) is 0 Å². The summed E-state index contributed by atoms with van der Waals surface area (Å²) in [5.74, 6) is 1.65. The highest BCUT2D eigenvalue weighted by molar-refractivity contribution is 5.37. The van der Waals surface area contributed by atoms with Crippen LogP contribution in [0.15, 0.2) is 28.8 Å². The molecule has 0 bridgehead atoms. The lowest BCUT2D eigenvalue weighted by atomic mass is 10.0. The van der Waals surface area contributed by atoms with Gasteiger partial charge in [0.05, 0.1) is 0 Å². The number of nitrogens with two attached hydrogens (primary N) is 1. The van der Waals surface area contributed by atoms with Crippen molar-refractivity contribution >= 4 is 0 Å². The van der Waals surface area contributed by atoms with Crippen LogP contribution in [-0.4, -0.2) is 11.2 Å². The molecular formula is C15H20N2O2. The fourth-order valence-electron chi connectivity index (χ4n) is 1.99. The van der Waals surface area contributed by atoms with Gasteiger partial charge in [0, 0.05) is 12.1 Å². The van der Waals surface area contributed by atoms with Crippen LogP contribution in [0.4, 0.5) is 0 Å². The summed E-state index contributed by atoms with van der Waals surface area (Å²) in [5, 5.41) is 3.91. The highest BCUT2D eigenvalue weighted by atomic mass is 16.5. The van der Waals surface area contributed by atoms with Gasteiger partial charge >= 0.3 is 0 Å². The van der Waals surface area contributed by atoms with Gasteiger partial charge in [-0.25, -0.2) is 0 Å². The molecular weight excluding hydrogens is 240 g/mol. The van der Waals surface area contributed by atoms with Crippen molar-refractivity contribution in [2.75, 3.05) is 0 Å². The van der Waals surface area contributed by atoms with Gasteiger partial charge in [-0.1, -0.05) is 22.9 Å². The summed E-state index contributed by atoms with van der Waals surface area (Å²) < 4.78 is 10.8. The number of benzene rings is 1. The van der Waals surface area contributed by atoms with Crippen LogP contribution < -0.4 is 10.5 Å². The maximum Gasteiger partial charge on any atom is 0.134 e. The molecule has 0 saturated carbocycles. The molecule has 2 rings (SSSR count). The third kappa shape index (κ3) is 3.83. The molecule has 0 fully saturated rings. The van der Waals surface area contributed by atoms with Crippen molar-refractivity contribution in [3.05, 3.63) is 46.8 Å². The zero-order chi connectivity index (χ0) is 13.8. The first-order valence-corrected chi connectivity index (χ1v) is 6.44. The fourth-order valence-corrected chi connectivity index (χ4v) is 1.99. The Bertz CT molecular complexity index is 547. The Morgan fingerprint density at radius 3 is 2.74 bits per heavy atom. The molecule has 102 valence electrons. The summed E-state index contributed by atoms with van der Waals surface area (Å²) in [6.07, 6.45) is 0.800. The normalized spacial score (nSPS) is 12.4. The van der Waals surface area contributed by atoms with Crippen molar-refractivity contribution in [3.63, 3.8) is 0 Å². The molecule has 19 heavy (non-hydrogen) atoms. The second-order valence-corrected chi connectivity index (χ2v) is 5.01. The first-order chi connectivity index (χ1) is 9.04. The molecule has 0 aliphatic heterocycles. The van der Waals surface area contributed by atoms with E-state index in [1.54, 1.807) is 0 Å². The molecule has 2 aromatic rings. The van der Waals surface area contributed by atoms with Crippen molar-refractivity contribution in [3.8, 4) is 5.75 Å². The molecule has 0 amide bonds. The summed E-state index contributed by atoms with van der Waals surface area (Å²) in [6.45, 7) is 6.33. The van der Waals surface area contributed by atoms with Gasteiger partial charge in [0.25, 0.3) is 0 Å². The molecule has 0 aliphatic rings. The maximum atomic E-state index is 5.87. The van der Waals surface area contributed by atoms with Crippen LogP contribution >= 0.6 is 0 Å². The Morgan fingerprint density at radius 1 is 1.32 bits per heavy atom. The molecule has 4 heteroatoms. The van der Waals surface area contributed by atoms with Crippen LogP contribution in [0, 0.1) is 13.8 Å². The molecule has 1 atom stereocenters. The van der Waals surface area contributed by atoms with Crippen LogP contribution in [0.3, 0.4) is 0 Å². The first-order valence-electron chi connectivity index (χ1n) is 6.44. The lowest BCUT2D eigenvalue weighted by Gasteiger charge is -2.13. The summed E-state index contributed by atoms with van der Waals surface area (Å²) in [5.41, 5.74) is 9.01. The molecule has 4 nitrogen and oxygen atoms in total. The molecule has 1 unspecified atom stereocenters. The van der Waals surface area contributed by atoms with E-state index in [1.165, 1.54) is 5.56 Å². The van der Waals surface area contributed by atoms with Gasteiger partial charge in [0.15, 0.2) is 0 Å².